The molecule has 11 nitrogen and oxygen atoms in total. The molecule has 0 aromatic carbocycles. The molecule has 2 heterocycles. The number of carbonyl (C=O) groups is 5. The van der Waals surface area contributed by atoms with Crippen LogP contribution in [0.3, 0.4) is 0 Å². The number of ether oxygens (including phenoxy) is 2. The molecular weight excluding hydrogens is 560 g/mol. The summed E-state index contributed by atoms with van der Waals surface area (Å²) in [4.78, 5) is 54.2. The fourth-order valence-corrected chi connectivity index (χ4v) is 4.53. The van der Waals surface area contributed by atoms with Crippen molar-refractivity contribution in [2.24, 2.45) is 11.8 Å². The van der Waals surface area contributed by atoms with Crippen LogP contribution in [0.2, 0.25) is 0 Å². The van der Waals surface area contributed by atoms with Gasteiger partial charge in [0.15, 0.2) is 17.4 Å². The quantitative estimate of drug-likeness (QED) is 0.149. The molecule has 2 aliphatic rings. The number of ketones is 5. The second-order valence-electron chi connectivity index (χ2n) is 10.8. The monoisotopic (exact) mass is 614 g/mol. The summed E-state index contributed by atoms with van der Waals surface area (Å²) in [6, 6.07) is 0. The Balaban J connectivity index is 0. The van der Waals surface area contributed by atoms with Gasteiger partial charge in [0.1, 0.15) is 17.3 Å². The Morgan fingerprint density at radius 3 is 1.79 bits per heavy atom. The predicted octanol–water partition coefficient (Wildman–Crippen LogP) is 4.10. The van der Waals surface area contributed by atoms with Gasteiger partial charge in [0.05, 0.1) is 36.6 Å². The molecule has 0 radical (unpaired) electrons. The van der Waals surface area contributed by atoms with E-state index in [1.54, 1.807) is 13.8 Å². The van der Waals surface area contributed by atoms with Crippen molar-refractivity contribution < 1.29 is 53.9 Å². The summed E-state index contributed by atoms with van der Waals surface area (Å²) < 4.78 is 10.3. The largest absolute Gasteiger partial charge is 0.512 e. The number of carbonyl (C=O) groups excluding carboxylic acids is 5. The van der Waals surface area contributed by atoms with E-state index in [4.69, 9.17) is 24.8 Å². The summed E-state index contributed by atoms with van der Waals surface area (Å²) in [7, 11) is 0. The lowest BCUT2D eigenvalue weighted by Gasteiger charge is -2.35. The van der Waals surface area contributed by atoms with Crippen molar-refractivity contribution in [3.05, 3.63) is 22.7 Å². The first-order valence-electron chi connectivity index (χ1n) is 14.8. The first-order chi connectivity index (χ1) is 19.9. The van der Waals surface area contributed by atoms with Crippen LogP contribution in [0, 0.1) is 11.8 Å². The van der Waals surface area contributed by atoms with Gasteiger partial charge in [-0.1, -0.05) is 0 Å². The Morgan fingerprint density at radius 1 is 0.907 bits per heavy atom. The smallest absolute Gasteiger partial charge is 0.172 e. The molecule has 0 aromatic rings. The Labute approximate surface area is 256 Å². The Hall–Kier alpha value is -2.73. The molecule has 0 aliphatic carbocycles. The lowest BCUT2D eigenvalue weighted by atomic mass is 9.89. The van der Waals surface area contributed by atoms with Crippen molar-refractivity contribution in [2.75, 3.05) is 26.4 Å². The number of allylic oxidation sites excluding steroid dienone is 4. The van der Waals surface area contributed by atoms with Gasteiger partial charge in [-0.25, -0.2) is 0 Å². The summed E-state index contributed by atoms with van der Waals surface area (Å²) >= 11 is 0. The van der Waals surface area contributed by atoms with E-state index in [0.29, 0.717) is 37.9 Å². The molecule has 0 bridgehead atoms. The molecule has 2 atom stereocenters. The van der Waals surface area contributed by atoms with E-state index in [2.05, 4.69) is 0 Å². The van der Waals surface area contributed by atoms with Crippen molar-refractivity contribution in [3.8, 4) is 0 Å². The highest BCUT2D eigenvalue weighted by atomic mass is 16.6. The summed E-state index contributed by atoms with van der Waals surface area (Å²) in [5.74, 6) is -1.37. The number of rotatable bonds is 11. The topological polar surface area (TPSA) is 185 Å². The fourth-order valence-electron chi connectivity index (χ4n) is 4.53. The molecule has 1 saturated heterocycles. The maximum absolute atomic E-state index is 11.0. The van der Waals surface area contributed by atoms with Crippen molar-refractivity contribution in [1.29, 1.82) is 0 Å². The summed E-state index contributed by atoms with van der Waals surface area (Å²) in [5.41, 5.74) is 1.28. The van der Waals surface area contributed by atoms with Gasteiger partial charge in [0.25, 0.3) is 0 Å². The molecule has 0 saturated carbocycles. The lowest BCUT2D eigenvalue weighted by molar-refractivity contribution is -0.239. The zero-order valence-electron chi connectivity index (χ0n) is 27.3. The zero-order chi connectivity index (χ0) is 33.8. The van der Waals surface area contributed by atoms with E-state index in [1.165, 1.54) is 34.6 Å². The van der Waals surface area contributed by atoms with Gasteiger partial charge in [-0.05, 0) is 107 Å². The van der Waals surface area contributed by atoms with Crippen molar-refractivity contribution in [1.82, 2.24) is 0 Å². The Morgan fingerprint density at radius 2 is 1.47 bits per heavy atom. The average molecular weight is 615 g/mol. The molecular formula is C32H54O11. The lowest BCUT2D eigenvalue weighted by Crippen LogP contribution is -2.44. The predicted molar refractivity (Wildman–Crippen MR) is 162 cm³/mol. The van der Waals surface area contributed by atoms with Crippen LogP contribution in [0.5, 0.6) is 0 Å². The zero-order valence-corrected chi connectivity index (χ0v) is 27.3. The van der Waals surface area contributed by atoms with Gasteiger partial charge in [-0.15, -0.1) is 0 Å². The van der Waals surface area contributed by atoms with Gasteiger partial charge in [-0.2, -0.15) is 0 Å². The van der Waals surface area contributed by atoms with Crippen molar-refractivity contribution in [3.63, 3.8) is 0 Å². The second-order valence-corrected chi connectivity index (χ2v) is 10.8. The van der Waals surface area contributed by atoms with Crippen LogP contribution in [0.25, 0.3) is 0 Å². The molecule has 2 unspecified atom stereocenters. The molecule has 2 aliphatic heterocycles. The summed E-state index contributed by atoms with van der Waals surface area (Å²) in [6.45, 7) is 13.6. The van der Waals surface area contributed by atoms with Crippen LogP contribution in [0.4, 0.5) is 0 Å². The number of aliphatic hydroxyl groups excluding tert-OH is 3. The first kappa shape index (κ1) is 42.4. The number of hydrogen-bond acceptors (Lipinski definition) is 11. The summed E-state index contributed by atoms with van der Waals surface area (Å²) in [5, 5.41) is 35.5. The molecule has 11 heteroatoms. The minimum Gasteiger partial charge on any atom is -0.512 e. The third-order valence-electron chi connectivity index (χ3n) is 6.99. The standard InChI is InChI=1S/3C8H14O3.C8H12O2/c1-6(9)7-4-3-5-11-8(7,2)10;2*1-6(10)8(7(2)11)4-3-5-9;1-6(9)8-4-3-5-10-7(8)2/h7,10H,3-5H2,1-2H3;9-10H,3-5H2,1-2H3;8-9H,3-5H2,1-2H3;3-5H2,1-2H3/b;8-6+;;. The van der Waals surface area contributed by atoms with E-state index in [0.717, 1.165) is 43.6 Å². The van der Waals surface area contributed by atoms with Crippen LogP contribution in [-0.4, -0.2) is 81.6 Å². The Bertz CT molecular complexity index is 958. The molecule has 248 valence electrons. The molecule has 0 amide bonds. The van der Waals surface area contributed by atoms with Gasteiger partial charge in [0, 0.05) is 24.4 Å². The maximum Gasteiger partial charge on any atom is 0.172 e. The first-order valence-corrected chi connectivity index (χ1v) is 14.8. The third-order valence-corrected chi connectivity index (χ3v) is 6.99. The van der Waals surface area contributed by atoms with Crippen LogP contribution in [0.15, 0.2) is 22.7 Å². The van der Waals surface area contributed by atoms with E-state index >= 15 is 0 Å². The van der Waals surface area contributed by atoms with Crippen LogP contribution < -0.4 is 0 Å². The number of Topliss-reactive ketones (excluding diaryl/α,β-unsaturated/α-hetero) is 5. The number of hydrogen-bond donors (Lipinski definition) is 4. The molecule has 2 rings (SSSR count). The highest BCUT2D eigenvalue weighted by Gasteiger charge is 2.38. The maximum atomic E-state index is 11.0. The van der Waals surface area contributed by atoms with Crippen LogP contribution in [0.1, 0.15) is 107 Å². The molecule has 0 aromatic heterocycles. The van der Waals surface area contributed by atoms with Gasteiger partial charge < -0.3 is 29.9 Å². The SMILES string of the molecule is CC(=O)/C(CCCO)=C(\C)O.CC(=O)C(CCCO)C(C)=O.CC(=O)C1=C(C)OCCC1.CC(=O)C1CCCOC1(C)O. The van der Waals surface area contributed by atoms with Crippen molar-refractivity contribution >= 4 is 28.9 Å². The van der Waals surface area contributed by atoms with Gasteiger partial charge in [-0.3, -0.25) is 24.0 Å². The molecule has 4 N–H and O–H groups in total. The summed E-state index contributed by atoms with van der Waals surface area (Å²) in [6.07, 6.45) is 5.43. The van der Waals surface area contributed by atoms with Crippen LogP contribution in [-0.2, 0) is 33.4 Å². The number of aliphatic hydroxyl groups is 4. The molecule has 43 heavy (non-hydrogen) atoms. The van der Waals surface area contributed by atoms with E-state index < -0.39 is 11.7 Å². The minimum absolute atomic E-state index is 0.00898. The normalized spacial score (nSPS) is 20.0. The van der Waals surface area contributed by atoms with E-state index in [1.807, 2.05) is 6.92 Å². The third kappa shape index (κ3) is 18.5. The van der Waals surface area contributed by atoms with Crippen LogP contribution >= 0.6 is 0 Å². The van der Waals surface area contributed by atoms with E-state index in [-0.39, 0.29) is 53.8 Å². The second kappa shape index (κ2) is 22.8. The minimum atomic E-state index is -1.23. The molecule has 0 spiro atoms. The van der Waals surface area contributed by atoms with Gasteiger partial charge >= 0.3 is 0 Å². The highest BCUT2D eigenvalue weighted by Crippen LogP contribution is 2.29. The fraction of sp³-hybridized carbons (Fsp3) is 0.719. The van der Waals surface area contributed by atoms with Crippen molar-refractivity contribution in [2.45, 2.75) is 113 Å². The average Bonchev–Trinajstić information content (AvgIpc) is 2.89. The van der Waals surface area contributed by atoms with E-state index in [9.17, 15) is 29.1 Å². The molecule has 1 fully saturated rings. The Kier molecular flexibility index (Phi) is 22.4. The highest BCUT2D eigenvalue weighted by molar-refractivity contribution is 6.00. The van der Waals surface area contributed by atoms with Gasteiger partial charge in [0.2, 0.25) is 0 Å².